The molecule has 4 aromatic heterocycles. The van der Waals surface area contributed by atoms with Crippen LogP contribution < -0.4 is 11.5 Å². The Kier molecular flexibility index (Phi) is 14.2. The summed E-state index contributed by atoms with van der Waals surface area (Å²) in [5.41, 5.74) is 12.1. The minimum atomic E-state index is -6.33. The lowest BCUT2D eigenvalue weighted by molar-refractivity contribution is -0.0558. The predicted octanol–water partition coefficient (Wildman–Crippen LogP) is 1.28. The number of anilines is 2. The molecule has 0 aliphatic carbocycles. The number of fused-ring (bicyclic) bond motifs is 2. The number of benzene rings is 2. The third kappa shape index (κ3) is 11.3. The van der Waals surface area contributed by atoms with Crippen molar-refractivity contribution in [2.45, 2.75) is 49.1 Å². The molecule has 2 fully saturated rings. The minimum absolute atomic E-state index is 0.0135. The van der Waals surface area contributed by atoms with E-state index >= 15 is 0 Å². The first-order valence-corrected chi connectivity index (χ1v) is 25.4. The second-order valence-corrected chi connectivity index (χ2v) is 20.7. The van der Waals surface area contributed by atoms with Crippen LogP contribution in [-0.4, -0.2) is 131 Å². The second kappa shape index (κ2) is 19.7. The van der Waals surface area contributed by atoms with Gasteiger partial charge in [0.25, 0.3) is 0 Å². The Labute approximate surface area is 384 Å². The zero-order valence-electron chi connectivity index (χ0n) is 34.4. The largest absolute Gasteiger partial charge is 0.490 e. The van der Waals surface area contributed by atoms with Gasteiger partial charge in [-0.1, -0.05) is 36.4 Å². The zero-order chi connectivity index (χ0) is 49.5. The van der Waals surface area contributed by atoms with Crippen LogP contribution in [-0.2, 0) is 59.2 Å². The van der Waals surface area contributed by atoms with Crippen LogP contribution in [0.15, 0.2) is 86.0 Å². The van der Waals surface area contributed by atoms with Gasteiger partial charge in [-0.3, -0.25) is 18.2 Å². The highest BCUT2D eigenvalue weighted by Gasteiger charge is 2.52. The number of hydrogen-bond donors (Lipinski definition) is 8. The smallest absolute Gasteiger partial charge is 0.453 e. The lowest BCUT2D eigenvalue weighted by Gasteiger charge is -2.22. The number of rotatable bonds is 18. The summed E-state index contributed by atoms with van der Waals surface area (Å²) in [6.45, 7) is -2.35. The number of carbonyl (C=O) groups is 2. The van der Waals surface area contributed by atoms with Gasteiger partial charge in [0, 0.05) is 0 Å². The van der Waals surface area contributed by atoms with Gasteiger partial charge in [0.1, 0.15) is 48.1 Å². The van der Waals surface area contributed by atoms with Gasteiger partial charge >= 0.3 is 43.2 Å². The molecule has 2 saturated heterocycles. The number of aliphatic hydroxyl groups excluding tert-OH is 2. The standard InChI is InChI=1S/C34H36N10O21P4/c35-27-21-29(39-13-37-27)43(15-41-21)31-24(46)25(61-33(47)17-7-3-1-4-8-17)20(60-31)12-58-67(51,52)64-69(55,56)65-68(53,54)63-66(49,50)57-11-19-23(45)26(62-34(48)18-9-5-2-6-10-18)32(59-19)44-16-42-22-28(36)38-14-40-30(22)44/h1-10,13-16,19-20,23-26,31-32,45-46H,11-12H2,(H,49,50)(H,51,52)(H,53,54)(H,55,56)(H2,35,37,39)(H2,36,38,40)/t19-,20-,23-,24+,25+,26-,31+,32-/m1/s1. The summed E-state index contributed by atoms with van der Waals surface area (Å²) in [6.07, 6.45) is -8.89. The zero-order valence-corrected chi connectivity index (χ0v) is 38.0. The van der Waals surface area contributed by atoms with Crippen molar-refractivity contribution in [3.05, 3.63) is 97.1 Å². The lowest BCUT2D eigenvalue weighted by atomic mass is 10.1. The van der Waals surface area contributed by atoms with Gasteiger partial charge in [0.15, 0.2) is 47.6 Å². The number of hydrogen-bond acceptors (Lipinski definition) is 25. The first kappa shape index (κ1) is 49.9. The molecule has 69 heavy (non-hydrogen) atoms. The molecule has 12 atom stereocenters. The first-order chi connectivity index (χ1) is 32.6. The Balaban J connectivity index is 0.907. The fourth-order valence-electron chi connectivity index (χ4n) is 6.88. The van der Waals surface area contributed by atoms with Crippen LogP contribution in [0.3, 0.4) is 0 Å². The van der Waals surface area contributed by atoms with Crippen molar-refractivity contribution >= 4 is 77.2 Å². The summed E-state index contributed by atoms with van der Waals surface area (Å²) in [5.74, 6) is -2.03. The van der Waals surface area contributed by atoms with Crippen molar-refractivity contribution < 1.29 is 98.6 Å². The summed E-state index contributed by atoms with van der Waals surface area (Å²) in [6, 6.07) is 14.9. The van der Waals surface area contributed by atoms with E-state index in [9.17, 15) is 57.6 Å². The van der Waals surface area contributed by atoms with Gasteiger partial charge in [0.2, 0.25) is 0 Å². The summed E-state index contributed by atoms with van der Waals surface area (Å²) in [4.78, 5) is 91.2. The highest BCUT2D eigenvalue weighted by molar-refractivity contribution is 7.69. The van der Waals surface area contributed by atoms with E-state index in [2.05, 4.69) is 42.8 Å². The molecule has 6 heterocycles. The van der Waals surface area contributed by atoms with Gasteiger partial charge in [-0.2, -0.15) is 12.9 Å². The van der Waals surface area contributed by atoms with Gasteiger partial charge in [-0.25, -0.2) is 57.8 Å². The predicted molar refractivity (Wildman–Crippen MR) is 225 cm³/mol. The summed E-state index contributed by atoms with van der Waals surface area (Å²) in [7, 11) is -24.5. The maximum Gasteiger partial charge on any atom is 0.490 e. The highest BCUT2D eigenvalue weighted by Crippen LogP contribution is 2.71. The Morgan fingerprint density at radius 1 is 0.565 bits per heavy atom. The maximum atomic E-state index is 13.1. The van der Waals surface area contributed by atoms with Crippen molar-refractivity contribution in [1.29, 1.82) is 0 Å². The topological polar surface area (TPSA) is 446 Å². The average Bonchev–Trinajstić information content (AvgIpc) is 4.06. The van der Waals surface area contributed by atoms with Crippen LogP contribution in [0.25, 0.3) is 22.3 Å². The monoisotopic (exact) mass is 1040 g/mol. The summed E-state index contributed by atoms with van der Waals surface area (Å²) < 4.78 is 98.1. The molecule has 2 aromatic carbocycles. The number of nitrogen functional groups attached to an aromatic ring is 2. The van der Waals surface area contributed by atoms with Crippen LogP contribution in [0.1, 0.15) is 33.2 Å². The molecule has 0 bridgehead atoms. The van der Waals surface area contributed by atoms with E-state index in [1.54, 1.807) is 12.1 Å². The molecule has 0 spiro atoms. The van der Waals surface area contributed by atoms with Crippen LogP contribution in [0, 0.1) is 0 Å². The number of esters is 2. The maximum absolute atomic E-state index is 13.1. The molecule has 10 N–H and O–H groups in total. The lowest BCUT2D eigenvalue weighted by Crippen LogP contribution is -2.38. The van der Waals surface area contributed by atoms with E-state index in [0.717, 1.165) is 25.3 Å². The van der Waals surface area contributed by atoms with E-state index in [1.165, 1.54) is 57.7 Å². The molecular weight excluding hydrogens is 1010 g/mol. The molecule has 368 valence electrons. The number of imidazole rings is 2. The van der Waals surface area contributed by atoms with Crippen molar-refractivity contribution in [2.24, 2.45) is 0 Å². The fourth-order valence-corrected chi connectivity index (χ4v) is 11.8. The third-order valence-electron chi connectivity index (χ3n) is 9.87. The number of ether oxygens (including phenoxy) is 4. The van der Waals surface area contributed by atoms with Crippen molar-refractivity contribution in [3.8, 4) is 0 Å². The van der Waals surface area contributed by atoms with Crippen LogP contribution in [0.4, 0.5) is 11.6 Å². The molecule has 4 unspecified atom stereocenters. The molecule has 0 saturated carbocycles. The van der Waals surface area contributed by atoms with Crippen molar-refractivity contribution in [2.75, 3.05) is 24.7 Å². The minimum Gasteiger partial charge on any atom is -0.453 e. The Morgan fingerprint density at radius 3 is 1.48 bits per heavy atom. The molecule has 31 nitrogen and oxygen atoms in total. The number of phosphoric ester groups is 2. The third-order valence-corrected chi connectivity index (χ3v) is 15.8. The number of carbonyl (C=O) groups excluding carboxylic acids is 2. The number of nitrogens with zero attached hydrogens (tertiary/aromatic N) is 8. The van der Waals surface area contributed by atoms with E-state index in [1.807, 2.05) is 0 Å². The molecule has 2 aliphatic heterocycles. The SMILES string of the molecule is Nc1ncnc2c1ncn2[C@@H]1O[C@H](COP(=O)(O)OP(=O)(O)OP(=O)(O)OP(=O)(O)OC[C@H]2O[C@H](n3cnc4c(N)ncnc43)[C@@H](O)[C@H]2OC(=O)c2ccccc2)[C@@H](O)[C@H]1OC(=O)c1ccccc1. The highest BCUT2D eigenvalue weighted by atomic mass is 31.3. The van der Waals surface area contributed by atoms with Gasteiger partial charge in [0.05, 0.1) is 37.0 Å². The van der Waals surface area contributed by atoms with Gasteiger partial charge in [-0.05, 0) is 24.3 Å². The second-order valence-electron chi connectivity index (χ2n) is 14.5. The molecule has 8 rings (SSSR count). The average molecular weight is 1040 g/mol. The van der Waals surface area contributed by atoms with Crippen molar-refractivity contribution in [3.63, 3.8) is 0 Å². The van der Waals surface area contributed by atoms with E-state index < -0.39 is 106 Å². The van der Waals surface area contributed by atoms with Gasteiger partial charge < -0.3 is 60.2 Å². The molecule has 0 radical (unpaired) electrons. The molecule has 6 aromatic rings. The number of phosphoric acid groups is 4. The number of aromatic nitrogens is 8. The number of nitrogens with two attached hydrogens (primary N) is 2. The molecule has 35 heteroatoms. The van der Waals surface area contributed by atoms with Crippen molar-refractivity contribution in [1.82, 2.24) is 39.0 Å². The van der Waals surface area contributed by atoms with Crippen LogP contribution in [0.2, 0.25) is 0 Å². The Bertz CT molecular complexity index is 3060. The van der Waals surface area contributed by atoms with E-state index in [-0.39, 0.29) is 45.1 Å². The quantitative estimate of drug-likeness (QED) is 0.0444. The Hall–Kier alpha value is -5.52. The van der Waals surface area contributed by atoms with Crippen LogP contribution in [0.5, 0.6) is 0 Å². The van der Waals surface area contributed by atoms with E-state index in [0.29, 0.717) is 0 Å². The Morgan fingerprint density at radius 2 is 0.986 bits per heavy atom. The van der Waals surface area contributed by atoms with Crippen LogP contribution >= 0.6 is 31.3 Å². The fraction of sp³-hybridized carbons (Fsp3) is 0.294. The molecule has 2 aliphatic rings. The normalized spacial score (nSPS) is 26.2. The first-order valence-electron chi connectivity index (χ1n) is 19.4. The molecule has 0 amide bonds. The number of aliphatic hydroxyl groups is 2. The van der Waals surface area contributed by atoms with Gasteiger partial charge in [-0.15, -0.1) is 0 Å². The summed E-state index contributed by atoms with van der Waals surface area (Å²) >= 11 is 0. The summed E-state index contributed by atoms with van der Waals surface area (Å²) in [5, 5.41) is 22.6. The van der Waals surface area contributed by atoms with E-state index in [4.69, 9.17) is 39.5 Å². The molecular formula is C34H36N10O21P4.